The molecule has 3 aromatic rings. The molecule has 0 spiro atoms. The first-order valence-electron chi connectivity index (χ1n) is 10.4. The first kappa shape index (κ1) is 19.9. The number of aryl methyl sites for hydroxylation is 2. The maximum absolute atomic E-state index is 12.7. The van der Waals surface area contributed by atoms with Crippen molar-refractivity contribution in [1.82, 2.24) is 19.8 Å². The van der Waals surface area contributed by atoms with Gasteiger partial charge in [0.25, 0.3) is 11.5 Å². The summed E-state index contributed by atoms with van der Waals surface area (Å²) in [6.45, 7) is 3.48. The van der Waals surface area contributed by atoms with Gasteiger partial charge >= 0.3 is 0 Å². The Hall–Kier alpha value is -2.03. The molecule has 156 valence electrons. The fourth-order valence-corrected chi connectivity index (χ4v) is 6.09. The van der Waals surface area contributed by atoms with E-state index >= 15 is 0 Å². The van der Waals surface area contributed by atoms with E-state index in [1.807, 2.05) is 29.2 Å². The molecule has 1 saturated heterocycles. The van der Waals surface area contributed by atoms with Gasteiger partial charge < -0.3 is 9.88 Å². The third-order valence-corrected chi connectivity index (χ3v) is 7.66. The summed E-state index contributed by atoms with van der Waals surface area (Å²) < 4.78 is 0.910. The van der Waals surface area contributed by atoms with Crippen LogP contribution in [0.4, 0.5) is 0 Å². The van der Waals surface area contributed by atoms with Gasteiger partial charge in [-0.3, -0.25) is 14.5 Å². The highest BCUT2D eigenvalue weighted by molar-refractivity contribution is 9.10. The minimum absolute atomic E-state index is 0.00197. The molecule has 2 aliphatic rings. The maximum Gasteiger partial charge on any atom is 0.259 e. The SMILES string of the molecule is O=C(c1cccc(Br)c1)N1CCN(Cc2nc3sc4c(c3c(=O)[nH]2)CCCC4)CC1. The molecular weight excluding hydrogens is 464 g/mol. The van der Waals surface area contributed by atoms with Crippen LogP contribution in [0.3, 0.4) is 0 Å². The molecule has 6 nitrogen and oxygen atoms in total. The lowest BCUT2D eigenvalue weighted by atomic mass is 9.97. The molecule has 30 heavy (non-hydrogen) atoms. The van der Waals surface area contributed by atoms with Crippen molar-refractivity contribution in [2.75, 3.05) is 26.2 Å². The van der Waals surface area contributed by atoms with E-state index in [1.54, 1.807) is 11.3 Å². The summed E-state index contributed by atoms with van der Waals surface area (Å²) in [5.74, 6) is 0.783. The van der Waals surface area contributed by atoms with Crippen molar-refractivity contribution in [1.29, 1.82) is 0 Å². The average molecular weight is 487 g/mol. The monoisotopic (exact) mass is 486 g/mol. The Labute approximate surface area is 187 Å². The van der Waals surface area contributed by atoms with Crippen LogP contribution in [0.5, 0.6) is 0 Å². The molecule has 2 aromatic heterocycles. The average Bonchev–Trinajstić information content (AvgIpc) is 3.12. The highest BCUT2D eigenvalue weighted by Crippen LogP contribution is 2.33. The summed E-state index contributed by atoms with van der Waals surface area (Å²) >= 11 is 5.12. The topological polar surface area (TPSA) is 69.3 Å². The third-order valence-electron chi connectivity index (χ3n) is 5.98. The standard InChI is InChI=1S/C22H23BrN4O2S/c23-15-5-3-4-14(12-15)22(29)27-10-8-26(9-11-27)13-18-24-20(28)19-16-6-1-2-7-17(16)30-21(19)25-18/h3-5,12H,1-2,6-11,13H2,(H,24,25,28). The van der Waals surface area contributed by atoms with Gasteiger partial charge in [-0.05, 0) is 49.4 Å². The Morgan fingerprint density at radius 2 is 1.97 bits per heavy atom. The number of benzene rings is 1. The van der Waals surface area contributed by atoms with Gasteiger partial charge in [-0.25, -0.2) is 4.98 Å². The molecule has 0 radical (unpaired) electrons. The lowest BCUT2D eigenvalue weighted by Crippen LogP contribution is -2.48. The third kappa shape index (κ3) is 3.84. The molecular formula is C22H23BrN4O2S. The minimum Gasteiger partial charge on any atom is -0.336 e. The van der Waals surface area contributed by atoms with Crippen molar-refractivity contribution >= 4 is 43.4 Å². The van der Waals surface area contributed by atoms with E-state index in [4.69, 9.17) is 4.98 Å². The van der Waals surface area contributed by atoms with Crippen molar-refractivity contribution in [3.8, 4) is 0 Å². The van der Waals surface area contributed by atoms with Gasteiger partial charge in [-0.1, -0.05) is 22.0 Å². The summed E-state index contributed by atoms with van der Waals surface area (Å²) in [6.07, 6.45) is 4.42. The Morgan fingerprint density at radius 1 is 1.17 bits per heavy atom. The van der Waals surface area contributed by atoms with Crippen LogP contribution in [0.1, 0.15) is 39.5 Å². The molecule has 5 rings (SSSR count). The summed E-state index contributed by atoms with van der Waals surface area (Å²) in [5.41, 5.74) is 1.93. The fraction of sp³-hybridized carbons (Fsp3) is 0.409. The van der Waals surface area contributed by atoms with Crippen LogP contribution < -0.4 is 5.56 Å². The van der Waals surface area contributed by atoms with E-state index in [1.165, 1.54) is 16.9 Å². The minimum atomic E-state index is -0.00197. The zero-order chi connectivity index (χ0) is 20.7. The summed E-state index contributed by atoms with van der Waals surface area (Å²) in [5, 5.41) is 0.808. The van der Waals surface area contributed by atoms with E-state index in [-0.39, 0.29) is 11.5 Å². The number of nitrogens with one attached hydrogen (secondary N) is 1. The first-order valence-corrected chi connectivity index (χ1v) is 12.0. The predicted molar refractivity (Wildman–Crippen MR) is 122 cm³/mol. The Bertz CT molecular complexity index is 1160. The lowest BCUT2D eigenvalue weighted by molar-refractivity contribution is 0.0625. The van der Waals surface area contributed by atoms with Crippen molar-refractivity contribution in [2.24, 2.45) is 0 Å². The predicted octanol–water partition coefficient (Wildman–Crippen LogP) is 3.58. The van der Waals surface area contributed by atoms with Gasteiger partial charge in [0.1, 0.15) is 10.7 Å². The number of H-pyrrole nitrogens is 1. The number of carbonyl (C=O) groups excluding carboxylic acids is 1. The molecule has 1 aliphatic heterocycles. The molecule has 0 atom stereocenters. The Balaban J connectivity index is 1.27. The second kappa shape index (κ2) is 8.24. The number of amides is 1. The van der Waals surface area contributed by atoms with Gasteiger partial charge in [0.05, 0.1) is 11.9 Å². The number of hydrogen-bond acceptors (Lipinski definition) is 5. The van der Waals surface area contributed by atoms with Gasteiger partial charge in [0.15, 0.2) is 0 Å². The van der Waals surface area contributed by atoms with Crippen LogP contribution in [0.25, 0.3) is 10.2 Å². The fourth-order valence-electron chi connectivity index (χ4n) is 4.41. The number of halogens is 1. The summed E-state index contributed by atoms with van der Waals surface area (Å²) in [7, 11) is 0. The molecule has 1 N–H and O–H groups in total. The Kier molecular flexibility index (Phi) is 5.47. The van der Waals surface area contributed by atoms with Crippen LogP contribution in [-0.4, -0.2) is 51.9 Å². The number of thiophene rings is 1. The van der Waals surface area contributed by atoms with Crippen LogP contribution in [0.15, 0.2) is 33.5 Å². The smallest absolute Gasteiger partial charge is 0.259 e. The van der Waals surface area contributed by atoms with E-state index in [9.17, 15) is 9.59 Å². The molecule has 0 unspecified atom stereocenters. The van der Waals surface area contributed by atoms with Crippen LogP contribution in [0, 0.1) is 0 Å². The summed E-state index contributed by atoms with van der Waals surface area (Å²) in [6, 6.07) is 7.51. The van der Waals surface area contributed by atoms with Crippen molar-refractivity contribution in [3.63, 3.8) is 0 Å². The van der Waals surface area contributed by atoms with Crippen molar-refractivity contribution in [2.45, 2.75) is 32.2 Å². The largest absolute Gasteiger partial charge is 0.336 e. The second-order valence-corrected chi connectivity index (χ2v) is 9.98. The number of carbonyl (C=O) groups is 1. The number of piperazine rings is 1. The second-order valence-electron chi connectivity index (χ2n) is 7.98. The first-order chi connectivity index (χ1) is 14.6. The van der Waals surface area contributed by atoms with E-state index in [0.717, 1.165) is 52.9 Å². The molecule has 0 bridgehead atoms. The van der Waals surface area contributed by atoms with Gasteiger partial charge in [0.2, 0.25) is 0 Å². The van der Waals surface area contributed by atoms with Gasteiger partial charge in [-0.2, -0.15) is 0 Å². The number of nitrogens with zero attached hydrogens (tertiary/aromatic N) is 3. The van der Waals surface area contributed by atoms with E-state index in [2.05, 4.69) is 25.8 Å². The quantitative estimate of drug-likeness (QED) is 0.614. The van der Waals surface area contributed by atoms with Crippen LogP contribution in [-0.2, 0) is 19.4 Å². The summed E-state index contributed by atoms with van der Waals surface area (Å²) in [4.78, 5) is 39.6. The molecule has 1 aliphatic carbocycles. The van der Waals surface area contributed by atoms with Crippen LogP contribution in [0.2, 0.25) is 0 Å². The molecule has 1 fully saturated rings. The molecule has 3 heterocycles. The number of rotatable bonds is 3. The number of fused-ring (bicyclic) bond motifs is 3. The van der Waals surface area contributed by atoms with Crippen molar-refractivity contribution < 1.29 is 4.79 Å². The maximum atomic E-state index is 12.7. The molecule has 0 saturated carbocycles. The molecule has 1 aromatic carbocycles. The normalized spacial score (nSPS) is 17.3. The zero-order valence-electron chi connectivity index (χ0n) is 16.6. The zero-order valence-corrected chi connectivity index (χ0v) is 19.0. The lowest BCUT2D eigenvalue weighted by Gasteiger charge is -2.34. The van der Waals surface area contributed by atoms with Gasteiger partial charge in [-0.15, -0.1) is 11.3 Å². The highest BCUT2D eigenvalue weighted by Gasteiger charge is 2.24. The molecule has 1 amide bonds. The molecule has 8 heteroatoms. The Morgan fingerprint density at radius 3 is 2.77 bits per heavy atom. The van der Waals surface area contributed by atoms with Crippen molar-refractivity contribution in [3.05, 3.63) is 60.9 Å². The van der Waals surface area contributed by atoms with E-state index in [0.29, 0.717) is 25.2 Å². The number of aromatic amines is 1. The van der Waals surface area contributed by atoms with Gasteiger partial charge in [0, 0.05) is 41.1 Å². The van der Waals surface area contributed by atoms with Crippen LogP contribution >= 0.6 is 27.3 Å². The number of hydrogen-bond donors (Lipinski definition) is 1. The van der Waals surface area contributed by atoms with E-state index < -0.39 is 0 Å². The number of aromatic nitrogens is 2. The highest BCUT2D eigenvalue weighted by atomic mass is 79.9.